The van der Waals surface area contributed by atoms with Crippen molar-refractivity contribution in [2.45, 2.75) is 51.9 Å². The van der Waals surface area contributed by atoms with Crippen LogP contribution in [-0.4, -0.2) is 46.8 Å². The fourth-order valence-electron chi connectivity index (χ4n) is 3.03. The highest BCUT2D eigenvalue weighted by molar-refractivity contribution is 14.0. The molecule has 0 bridgehead atoms. The molecule has 0 aromatic carbocycles. The summed E-state index contributed by atoms with van der Waals surface area (Å²) in [4.78, 5) is 7.21. The monoisotopic (exact) mass is 433 g/mol. The Morgan fingerprint density at radius 1 is 1.35 bits per heavy atom. The zero-order valence-corrected chi connectivity index (χ0v) is 17.1. The Morgan fingerprint density at radius 2 is 2.17 bits per heavy atom. The van der Waals surface area contributed by atoms with E-state index in [1.54, 1.807) is 0 Å². The zero-order valence-electron chi connectivity index (χ0n) is 14.8. The van der Waals surface area contributed by atoms with Gasteiger partial charge in [0.1, 0.15) is 0 Å². The van der Waals surface area contributed by atoms with Gasteiger partial charge in [-0.05, 0) is 25.3 Å². The molecule has 1 aromatic rings. The van der Waals surface area contributed by atoms with E-state index in [1.165, 1.54) is 37.7 Å². The van der Waals surface area contributed by atoms with E-state index in [4.69, 9.17) is 4.99 Å². The zero-order chi connectivity index (χ0) is 15.8. The number of likely N-dealkylation sites (tertiary alicyclic amines) is 1. The third-order valence-corrected chi connectivity index (χ3v) is 4.29. The molecule has 23 heavy (non-hydrogen) atoms. The molecule has 1 N–H and O–H groups in total. The maximum atomic E-state index is 4.81. The Balaban J connectivity index is 0.00000264. The average Bonchev–Trinajstić information content (AvgIpc) is 3.14. The van der Waals surface area contributed by atoms with E-state index in [2.05, 4.69) is 35.4 Å². The summed E-state index contributed by atoms with van der Waals surface area (Å²) in [6.07, 6.45) is 10.4. The van der Waals surface area contributed by atoms with Gasteiger partial charge in [0.25, 0.3) is 0 Å². The number of rotatable bonds is 7. The van der Waals surface area contributed by atoms with Gasteiger partial charge in [-0.3, -0.25) is 9.67 Å². The summed E-state index contributed by atoms with van der Waals surface area (Å²) >= 11 is 0. The summed E-state index contributed by atoms with van der Waals surface area (Å²) in [5.74, 6) is 1.67. The topological polar surface area (TPSA) is 45.5 Å². The van der Waals surface area contributed by atoms with E-state index >= 15 is 0 Å². The summed E-state index contributed by atoms with van der Waals surface area (Å²) in [6, 6.07) is 0. The number of unbranched alkanes of at least 4 members (excludes halogenated alkanes) is 3. The number of nitrogens with zero attached hydrogens (tertiary/aromatic N) is 4. The minimum atomic E-state index is 0. The maximum Gasteiger partial charge on any atom is 0.193 e. The normalized spacial score (nSPS) is 18.1. The highest BCUT2D eigenvalue weighted by Gasteiger charge is 2.26. The molecule has 0 amide bonds. The molecular weight excluding hydrogens is 401 g/mol. The minimum Gasteiger partial charge on any atom is -0.357 e. The standard InChI is InChI=1S/C17H31N5.HI/c1-4-6-7-8-10-19-17(18-5-2)22-11-9-15(14-22)16-12-20-21(3)13-16;/h12-13,15H,4-11,14H2,1-3H3,(H,18,19);1H. The smallest absolute Gasteiger partial charge is 0.193 e. The van der Waals surface area contributed by atoms with Crippen molar-refractivity contribution in [3.05, 3.63) is 18.0 Å². The Kier molecular flexibility index (Phi) is 9.59. The number of guanidine groups is 1. The van der Waals surface area contributed by atoms with Crippen LogP contribution in [0.4, 0.5) is 0 Å². The molecule has 1 atom stereocenters. The third-order valence-electron chi connectivity index (χ3n) is 4.29. The van der Waals surface area contributed by atoms with Crippen LogP contribution in [0.3, 0.4) is 0 Å². The summed E-state index contributed by atoms with van der Waals surface area (Å²) in [5.41, 5.74) is 1.35. The van der Waals surface area contributed by atoms with Crippen LogP contribution in [0, 0.1) is 0 Å². The van der Waals surface area contributed by atoms with Crippen molar-refractivity contribution in [1.82, 2.24) is 20.0 Å². The van der Waals surface area contributed by atoms with Crippen molar-refractivity contribution >= 4 is 29.9 Å². The van der Waals surface area contributed by atoms with E-state index in [9.17, 15) is 0 Å². The lowest BCUT2D eigenvalue weighted by Crippen LogP contribution is -2.40. The summed E-state index contributed by atoms with van der Waals surface area (Å²) in [6.45, 7) is 8.39. The lowest BCUT2D eigenvalue weighted by molar-refractivity contribution is 0.485. The van der Waals surface area contributed by atoms with Crippen molar-refractivity contribution in [3.8, 4) is 0 Å². The van der Waals surface area contributed by atoms with Gasteiger partial charge in [0.05, 0.1) is 6.20 Å². The second-order valence-corrected chi connectivity index (χ2v) is 6.18. The van der Waals surface area contributed by atoms with Crippen LogP contribution in [-0.2, 0) is 7.05 Å². The lowest BCUT2D eigenvalue weighted by Gasteiger charge is -2.21. The van der Waals surface area contributed by atoms with Gasteiger partial charge in [-0.15, -0.1) is 24.0 Å². The highest BCUT2D eigenvalue weighted by atomic mass is 127. The van der Waals surface area contributed by atoms with E-state index < -0.39 is 0 Å². The van der Waals surface area contributed by atoms with E-state index in [-0.39, 0.29) is 24.0 Å². The van der Waals surface area contributed by atoms with Crippen LogP contribution < -0.4 is 5.32 Å². The molecule has 1 unspecified atom stereocenters. The Bertz CT molecular complexity index is 471. The maximum absolute atomic E-state index is 4.81. The minimum absolute atomic E-state index is 0. The largest absolute Gasteiger partial charge is 0.357 e. The first-order valence-electron chi connectivity index (χ1n) is 8.76. The molecule has 1 aliphatic rings. The molecule has 1 saturated heterocycles. The summed E-state index contributed by atoms with van der Waals surface area (Å²) in [7, 11) is 1.98. The Morgan fingerprint density at radius 3 is 2.83 bits per heavy atom. The number of aryl methyl sites for hydroxylation is 1. The summed E-state index contributed by atoms with van der Waals surface area (Å²) in [5, 5.41) is 7.75. The van der Waals surface area contributed by atoms with Gasteiger partial charge in [0, 0.05) is 45.3 Å². The van der Waals surface area contributed by atoms with Crippen LogP contribution in [0.1, 0.15) is 57.4 Å². The van der Waals surface area contributed by atoms with Crippen molar-refractivity contribution in [3.63, 3.8) is 0 Å². The Labute approximate surface area is 157 Å². The first-order valence-corrected chi connectivity index (χ1v) is 8.76. The first-order chi connectivity index (χ1) is 10.7. The number of halogens is 1. The number of hydrogen-bond donors (Lipinski definition) is 1. The molecule has 2 rings (SSSR count). The SMILES string of the molecule is CCCCCCN=C(NCC)N1CCC(c2cnn(C)c2)C1.I. The predicted octanol–water partition coefficient (Wildman–Crippen LogP) is 3.37. The molecule has 6 heteroatoms. The van der Waals surface area contributed by atoms with Gasteiger partial charge >= 0.3 is 0 Å². The molecule has 132 valence electrons. The van der Waals surface area contributed by atoms with E-state index in [1.807, 2.05) is 17.9 Å². The van der Waals surface area contributed by atoms with Gasteiger partial charge in [0.2, 0.25) is 0 Å². The number of hydrogen-bond acceptors (Lipinski definition) is 2. The van der Waals surface area contributed by atoms with Crippen LogP contribution in [0.2, 0.25) is 0 Å². The predicted molar refractivity (Wildman–Crippen MR) is 108 cm³/mol. The molecule has 0 saturated carbocycles. The Hall–Kier alpha value is -0.790. The molecular formula is C17H32IN5. The average molecular weight is 433 g/mol. The third kappa shape index (κ3) is 6.31. The number of nitrogens with one attached hydrogen (secondary N) is 1. The lowest BCUT2D eigenvalue weighted by atomic mass is 10.0. The van der Waals surface area contributed by atoms with E-state index in [0.29, 0.717) is 5.92 Å². The molecule has 1 fully saturated rings. The summed E-state index contributed by atoms with van der Waals surface area (Å²) < 4.78 is 1.89. The fraction of sp³-hybridized carbons (Fsp3) is 0.765. The van der Waals surface area contributed by atoms with Crippen molar-refractivity contribution in [1.29, 1.82) is 0 Å². The van der Waals surface area contributed by atoms with Crippen LogP contribution in [0.15, 0.2) is 17.4 Å². The first kappa shape index (κ1) is 20.3. The van der Waals surface area contributed by atoms with Gasteiger partial charge in [-0.1, -0.05) is 26.2 Å². The van der Waals surface area contributed by atoms with Gasteiger partial charge in [-0.25, -0.2) is 0 Å². The number of aliphatic imine (C=N–C) groups is 1. The van der Waals surface area contributed by atoms with Crippen molar-refractivity contribution in [2.75, 3.05) is 26.2 Å². The van der Waals surface area contributed by atoms with Crippen LogP contribution in [0.25, 0.3) is 0 Å². The van der Waals surface area contributed by atoms with Gasteiger partial charge in [-0.2, -0.15) is 5.10 Å². The molecule has 5 nitrogen and oxygen atoms in total. The quantitative estimate of drug-likeness (QED) is 0.311. The highest BCUT2D eigenvalue weighted by Crippen LogP contribution is 2.26. The molecule has 2 heterocycles. The second-order valence-electron chi connectivity index (χ2n) is 6.18. The van der Waals surface area contributed by atoms with Crippen LogP contribution in [0.5, 0.6) is 0 Å². The van der Waals surface area contributed by atoms with E-state index in [0.717, 1.165) is 32.1 Å². The van der Waals surface area contributed by atoms with Crippen molar-refractivity contribution in [2.24, 2.45) is 12.0 Å². The molecule has 1 aromatic heterocycles. The van der Waals surface area contributed by atoms with Gasteiger partial charge < -0.3 is 10.2 Å². The van der Waals surface area contributed by atoms with Crippen LogP contribution >= 0.6 is 24.0 Å². The second kappa shape index (κ2) is 10.9. The number of aromatic nitrogens is 2. The molecule has 0 spiro atoms. The molecule has 1 aliphatic heterocycles. The van der Waals surface area contributed by atoms with Gasteiger partial charge in [0.15, 0.2) is 5.96 Å². The molecule has 0 radical (unpaired) electrons. The fourth-order valence-corrected chi connectivity index (χ4v) is 3.03. The van der Waals surface area contributed by atoms with Crippen molar-refractivity contribution < 1.29 is 0 Å². The molecule has 0 aliphatic carbocycles.